The molecular formula is C26H33BO2. The average molecular weight is 388 g/mol. The fourth-order valence-corrected chi connectivity index (χ4v) is 4.33. The molecule has 29 heavy (non-hydrogen) atoms. The molecule has 0 bridgehead atoms. The molecule has 2 nitrogen and oxygen atoms in total. The van der Waals surface area contributed by atoms with Crippen LogP contribution in [0.1, 0.15) is 65.2 Å². The lowest BCUT2D eigenvalue weighted by molar-refractivity contribution is 0.00578. The van der Waals surface area contributed by atoms with Gasteiger partial charge in [0.25, 0.3) is 0 Å². The quantitative estimate of drug-likeness (QED) is 0.365. The van der Waals surface area contributed by atoms with E-state index in [1.165, 1.54) is 38.2 Å². The third kappa shape index (κ3) is 3.19. The van der Waals surface area contributed by atoms with Crippen LogP contribution in [0.15, 0.2) is 36.4 Å². The van der Waals surface area contributed by atoms with Crippen molar-refractivity contribution in [3.8, 4) is 0 Å². The van der Waals surface area contributed by atoms with E-state index in [1.54, 1.807) is 0 Å². The molecule has 3 heteroatoms. The molecule has 0 aliphatic carbocycles. The highest BCUT2D eigenvalue weighted by Gasteiger charge is 2.52. The zero-order valence-electron chi connectivity index (χ0n) is 19.4. The number of hydrogen-bond donors (Lipinski definition) is 0. The van der Waals surface area contributed by atoms with Gasteiger partial charge in [0.15, 0.2) is 0 Å². The summed E-state index contributed by atoms with van der Waals surface area (Å²) in [6, 6.07) is 13.6. The Hall–Kier alpha value is -1.84. The minimum Gasteiger partial charge on any atom is -0.399 e. The highest BCUT2D eigenvalue weighted by atomic mass is 16.7. The summed E-state index contributed by atoms with van der Waals surface area (Å²) in [5.74, 6) is 0. The molecule has 1 fully saturated rings. The zero-order valence-corrected chi connectivity index (χ0v) is 19.4. The van der Waals surface area contributed by atoms with Crippen LogP contribution < -0.4 is 5.46 Å². The second-order valence-corrected chi connectivity index (χ2v) is 10.7. The Morgan fingerprint density at radius 3 is 1.97 bits per heavy atom. The summed E-state index contributed by atoms with van der Waals surface area (Å²) in [6.45, 7) is 19.7. The summed E-state index contributed by atoms with van der Waals surface area (Å²) in [5, 5.41) is 5.18. The molecule has 152 valence electrons. The molecule has 0 saturated carbocycles. The van der Waals surface area contributed by atoms with E-state index in [0.717, 1.165) is 5.46 Å². The molecule has 1 aliphatic rings. The Kier molecular flexibility index (Phi) is 4.46. The smallest absolute Gasteiger partial charge is 0.399 e. The first-order valence-electron chi connectivity index (χ1n) is 10.6. The van der Waals surface area contributed by atoms with Crippen LogP contribution in [0.25, 0.3) is 21.5 Å². The van der Waals surface area contributed by atoms with E-state index in [1.807, 2.05) is 0 Å². The van der Waals surface area contributed by atoms with Gasteiger partial charge in [0, 0.05) is 0 Å². The zero-order chi connectivity index (χ0) is 21.4. The Bertz CT molecular complexity index is 1100. The lowest BCUT2D eigenvalue weighted by Crippen LogP contribution is -2.41. The van der Waals surface area contributed by atoms with Crippen molar-refractivity contribution in [1.82, 2.24) is 0 Å². The summed E-state index contributed by atoms with van der Waals surface area (Å²) in [4.78, 5) is 0. The normalized spacial score (nSPS) is 18.7. The number of rotatable bonds is 1. The third-order valence-corrected chi connectivity index (χ3v) is 6.91. The van der Waals surface area contributed by atoms with Crippen LogP contribution in [0.2, 0.25) is 0 Å². The van der Waals surface area contributed by atoms with Gasteiger partial charge in [0.1, 0.15) is 0 Å². The van der Waals surface area contributed by atoms with E-state index in [0.29, 0.717) is 0 Å². The van der Waals surface area contributed by atoms with Gasteiger partial charge in [0.2, 0.25) is 0 Å². The molecule has 1 aliphatic heterocycles. The summed E-state index contributed by atoms with van der Waals surface area (Å²) in [6.07, 6.45) is 0. The maximum atomic E-state index is 6.38. The number of aryl methyl sites for hydroxylation is 2. The standard InChI is InChI=1S/C26H33BO2/c1-16-10-13-21(27-28-25(6,7)26(8,9)29-27)20-12-11-18-15-19(24(3,4)5)14-17(2)22(18)23(16)20/h10-15H,1-9H3. The van der Waals surface area contributed by atoms with Gasteiger partial charge < -0.3 is 9.31 Å². The van der Waals surface area contributed by atoms with Crippen molar-refractivity contribution >= 4 is 34.1 Å². The fraction of sp³-hybridized carbons (Fsp3) is 0.462. The van der Waals surface area contributed by atoms with E-state index in [-0.39, 0.29) is 23.7 Å². The van der Waals surface area contributed by atoms with Crippen LogP contribution in [0.3, 0.4) is 0 Å². The van der Waals surface area contributed by atoms with Crippen molar-refractivity contribution in [3.63, 3.8) is 0 Å². The second kappa shape index (κ2) is 6.33. The molecule has 3 aromatic rings. The fourth-order valence-electron chi connectivity index (χ4n) is 4.33. The number of hydrogen-bond acceptors (Lipinski definition) is 2. The lowest BCUT2D eigenvalue weighted by atomic mass is 9.74. The van der Waals surface area contributed by atoms with Crippen LogP contribution in [0, 0.1) is 13.8 Å². The third-order valence-electron chi connectivity index (χ3n) is 6.91. The first kappa shape index (κ1) is 20.4. The molecule has 0 atom stereocenters. The van der Waals surface area contributed by atoms with Crippen LogP contribution in [0.4, 0.5) is 0 Å². The molecule has 0 aromatic heterocycles. The minimum absolute atomic E-state index is 0.132. The first-order chi connectivity index (χ1) is 13.3. The lowest BCUT2D eigenvalue weighted by Gasteiger charge is -2.32. The van der Waals surface area contributed by atoms with Crippen LogP contribution in [-0.2, 0) is 14.7 Å². The molecule has 3 aromatic carbocycles. The van der Waals surface area contributed by atoms with Crippen LogP contribution in [-0.4, -0.2) is 18.3 Å². The largest absolute Gasteiger partial charge is 0.495 e. The maximum absolute atomic E-state index is 6.38. The molecule has 1 heterocycles. The second-order valence-electron chi connectivity index (χ2n) is 10.7. The van der Waals surface area contributed by atoms with Crippen molar-refractivity contribution in [2.45, 2.75) is 78.9 Å². The molecular weight excluding hydrogens is 355 g/mol. The van der Waals surface area contributed by atoms with E-state index in [9.17, 15) is 0 Å². The number of fused-ring (bicyclic) bond motifs is 3. The minimum atomic E-state index is -0.352. The Morgan fingerprint density at radius 1 is 0.759 bits per heavy atom. The van der Waals surface area contributed by atoms with Gasteiger partial charge in [-0.1, -0.05) is 57.2 Å². The predicted octanol–water partition coefficient (Wildman–Crippen LogP) is 6.21. The van der Waals surface area contributed by atoms with Gasteiger partial charge in [-0.15, -0.1) is 0 Å². The topological polar surface area (TPSA) is 18.5 Å². The van der Waals surface area contributed by atoms with Crippen molar-refractivity contribution < 1.29 is 9.31 Å². The monoisotopic (exact) mass is 388 g/mol. The van der Waals surface area contributed by atoms with Crippen LogP contribution in [0.5, 0.6) is 0 Å². The highest BCUT2D eigenvalue weighted by molar-refractivity contribution is 6.65. The predicted molar refractivity (Wildman–Crippen MR) is 125 cm³/mol. The van der Waals surface area contributed by atoms with Crippen molar-refractivity contribution in [2.75, 3.05) is 0 Å². The molecule has 0 spiro atoms. The van der Waals surface area contributed by atoms with Gasteiger partial charge in [-0.05, 0) is 90.7 Å². The Labute approximate surface area is 175 Å². The molecule has 0 unspecified atom stereocenters. The summed E-state index contributed by atoms with van der Waals surface area (Å²) in [7, 11) is -0.352. The Morgan fingerprint density at radius 2 is 1.38 bits per heavy atom. The van der Waals surface area contributed by atoms with E-state index < -0.39 is 0 Å². The summed E-state index contributed by atoms with van der Waals surface area (Å²) < 4.78 is 12.8. The van der Waals surface area contributed by atoms with Gasteiger partial charge in [-0.2, -0.15) is 0 Å². The summed E-state index contributed by atoms with van der Waals surface area (Å²) >= 11 is 0. The van der Waals surface area contributed by atoms with E-state index in [2.05, 4.69) is 98.7 Å². The van der Waals surface area contributed by atoms with Crippen LogP contribution >= 0.6 is 0 Å². The molecule has 0 N–H and O–H groups in total. The van der Waals surface area contributed by atoms with Crippen molar-refractivity contribution in [3.05, 3.63) is 53.1 Å². The van der Waals surface area contributed by atoms with E-state index >= 15 is 0 Å². The van der Waals surface area contributed by atoms with Gasteiger partial charge in [-0.25, -0.2) is 0 Å². The molecule has 0 amide bonds. The number of benzene rings is 3. The molecule has 0 radical (unpaired) electrons. The first-order valence-corrected chi connectivity index (χ1v) is 10.6. The summed E-state index contributed by atoms with van der Waals surface area (Å²) in [5.41, 5.74) is 4.55. The molecule has 4 rings (SSSR count). The van der Waals surface area contributed by atoms with Gasteiger partial charge in [0.05, 0.1) is 11.2 Å². The van der Waals surface area contributed by atoms with E-state index in [4.69, 9.17) is 9.31 Å². The van der Waals surface area contributed by atoms with Crippen molar-refractivity contribution in [2.24, 2.45) is 0 Å². The van der Waals surface area contributed by atoms with Gasteiger partial charge >= 0.3 is 7.12 Å². The maximum Gasteiger partial charge on any atom is 0.495 e. The highest BCUT2D eigenvalue weighted by Crippen LogP contribution is 2.38. The molecule has 1 saturated heterocycles. The average Bonchev–Trinajstić information content (AvgIpc) is 2.81. The van der Waals surface area contributed by atoms with Gasteiger partial charge in [-0.3, -0.25) is 0 Å². The Balaban J connectivity index is 1.97. The SMILES string of the molecule is Cc1cc(C(C)(C)C)cc2ccc3c(B4OC(C)(C)C(C)(C)O4)ccc(C)c3c12. The van der Waals surface area contributed by atoms with Crippen molar-refractivity contribution in [1.29, 1.82) is 0 Å².